The first-order valence-electron chi connectivity index (χ1n) is 10.6. The summed E-state index contributed by atoms with van der Waals surface area (Å²) in [4.78, 5) is 14.0. The summed E-state index contributed by atoms with van der Waals surface area (Å²) in [6.45, 7) is 8.92. The number of likely N-dealkylation sites (tertiary alicyclic amines) is 1. The minimum absolute atomic E-state index is 0. The molecule has 0 aromatic carbocycles. The topological polar surface area (TPSA) is 65.0 Å². The van der Waals surface area contributed by atoms with Crippen LogP contribution in [0.25, 0.3) is 0 Å². The summed E-state index contributed by atoms with van der Waals surface area (Å²) in [6.07, 6.45) is 3.54. The number of aliphatic imine (C=N–C) groups is 1. The standard InChI is InChI=1S/C21H36N6O.HI/c1-4-22-21(23-14-19-6-5-7-20(24-19)26(2)3)25-18-8-11-27(12-9-18)15-17-10-13-28-16-17;/h5-7,17-18H,4,8-16H2,1-3H3,(H2,22,23,25);1H. The number of nitrogens with zero attached hydrogens (tertiary/aromatic N) is 4. The number of piperidine rings is 1. The first-order chi connectivity index (χ1) is 13.6. The second kappa shape index (κ2) is 12.5. The molecule has 2 N–H and O–H groups in total. The van der Waals surface area contributed by atoms with Crippen LogP contribution in [0, 0.1) is 5.92 Å². The summed E-state index contributed by atoms with van der Waals surface area (Å²) in [5, 5.41) is 7.01. The smallest absolute Gasteiger partial charge is 0.191 e. The number of hydrogen-bond donors (Lipinski definition) is 2. The fourth-order valence-corrected chi connectivity index (χ4v) is 3.83. The summed E-state index contributed by atoms with van der Waals surface area (Å²) in [5.41, 5.74) is 0.983. The van der Waals surface area contributed by atoms with Crippen molar-refractivity contribution in [3.05, 3.63) is 23.9 Å². The molecule has 1 aromatic rings. The Morgan fingerprint density at radius 1 is 1.28 bits per heavy atom. The molecule has 0 amide bonds. The largest absolute Gasteiger partial charge is 0.381 e. The van der Waals surface area contributed by atoms with Crippen molar-refractivity contribution in [2.24, 2.45) is 10.9 Å². The van der Waals surface area contributed by atoms with Gasteiger partial charge in [-0.1, -0.05) is 6.07 Å². The summed E-state index contributed by atoms with van der Waals surface area (Å²) in [5.74, 6) is 2.58. The predicted octanol–water partition coefficient (Wildman–Crippen LogP) is 2.32. The number of hydrogen-bond acceptors (Lipinski definition) is 5. The molecule has 2 aliphatic heterocycles. The molecule has 0 bridgehead atoms. The Labute approximate surface area is 192 Å². The second-order valence-electron chi connectivity index (χ2n) is 8.03. The van der Waals surface area contributed by atoms with Crippen LogP contribution in [0.4, 0.5) is 5.82 Å². The summed E-state index contributed by atoms with van der Waals surface area (Å²) < 4.78 is 5.51. The monoisotopic (exact) mass is 516 g/mol. The number of aromatic nitrogens is 1. The highest BCUT2D eigenvalue weighted by molar-refractivity contribution is 14.0. The van der Waals surface area contributed by atoms with Crippen LogP contribution in [0.15, 0.2) is 23.2 Å². The third kappa shape index (κ3) is 7.90. The van der Waals surface area contributed by atoms with E-state index in [1.54, 1.807) is 0 Å². The molecule has 2 saturated heterocycles. The normalized spacial score (nSPS) is 20.9. The van der Waals surface area contributed by atoms with E-state index < -0.39 is 0 Å². The van der Waals surface area contributed by atoms with Crippen LogP contribution in [-0.2, 0) is 11.3 Å². The molecule has 2 aliphatic rings. The van der Waals surface area contributed by atoms with Gasteiger partial charge in [0.15, 0.2) is 5.96 Å². The van der Waals surface area contributed by atoms with E-state index >= 15 is 0 Å². The number of nitrogens with one attached hydrogen (secondary N) is 2. The van der Waals surface area contributed by atoms with Crippen molar-refractivity contribution in [1.29, 1.82) is 0 Å². The Balaban J connectivity index is 0.00000300. The molecule has 3 rings (SSSR count). The number of ether oxygens (including phenoxy) is 1. The van der Waals surface area contributed by atoms with E-state index in [1.807, 2.05) is 37.2 Å². The number of pyridine rings is 1. The number of halogens is 1. The van der Waals surface area contributed by atoms with E-state index in [1.165, 1.54) is 13.0 Å². The fraction of sp³-hybridized carbons (Fsp3) is 0.714. The maximum absolute atomic E-state index is 5.51. The maximum Gasteiger partial charge on any atom is 0.191 e. The van der Waals surface area contributed by atoms with Gasteiger partial charge in [-0.3, -0.25) is 0 Å². The molecule has 0 radical (unpaired) electrons. The zero-order valence-electron chi connectivity index (χ0n) is 18.1. The Kier molecular flexibility index (Phi) is 10.4. The van der Waals surface area contributed by atoms with Crippen LogP contribution in [0.3, 0.4) is 0 Å². The summed E-state index contributed by atoms with van der Waals surface area (Å²) >= 11 is 0. The molecule has 0 spiro atoms. The number of anilines is 1. The van der Waals surface area contributed by atoms with Crippen LogP contribution in [0.2, 0.25) is 0 Å². The van der Waals surface area contributed by atoms with Gasteiger partial charge in [0.05, 0.1) is 18.8 Å². The van der Waals surface area contributed by atoms with Crippen molar-refractivity contribution in [3.63, 3.8) is 0 Å². The Morgan fingerprint density at radius 2 is 2.07 bits per heavy atom. The molecule has 0 saturated carbocycles. The van der Waals surface area contributed by atoms with Gasteiger partial charge < -0.3 is 25.2 Å². The van der Waals surface area contributed by atoms with Crippen LogP contribution < -0.4 is 15.5 Å². The molecule has 164 valence electrons. The van der Waals surface area contributed by atoms with Crippen LogP contribution >= 0.6 is 24.0 Å². The molecule has 1 aromatic heterocycles. The molecule has 0 aliphatic carbocycles. The highest BCUT2D eigenvalue weighted by atomic mass is 127. The zero-order chi connectivity index (χ0) is 19.8. The van der Waals surface area contributed by atoms with E-state index in [2.05, 4.69) is 27.4 Å². The van der Waals surface area contributed by atoms with E-state index in [4.69, 9.17) is 9.73 Å². The van der Waals surface area contributed by atoms with Crippen molar-refractivity contribution >= 4 is 35.8 Å². The van der Waals surface area contributed by atoms with E-state index in [0.717, 1.165) is 69.1 Å². The minimum atomic E-state index is 0. The lowest BCUT2D eigenvalue weighted by Gasteiger charge is -2.34. The Morgan fingerprint density at radius 3 is 2.72 bits per heavy atom. The molecular formula is C21H37IN6O. The minimum Gasteiger partial charge on any atom is -0.381 e. The van der Waals surface area contributed by atoms with Gasteiger partial charge in [0.2, 0.25) is 0 Å². The lowest BCUT2D eigenvalue weighted by Crippen LogP contribution is -2.49. The van der Waals surface area contributed by atoms with Gasteiger partial charge in [0, 0.05) is 52.9 Å². The maximum atomic E-state index is 5.51. The molecule has 1 atom stereocenters. The highest BCUT2D eigenvalue weighted by Gasteiger charge is 2.24. The van der Waals surface area contributed by atoms with Crippen molar-refractivity contribution in [1.82, 2.24) is 20.5 Å². The molecule has 2 fully saturated rings. The molecule has 7 nitrogen and oxygen atoms in total. The van der Waals surface area contributed by atoms with Gasteiger partial charge in [-0.25, -0.2) is 9.98 Å². The lowest BCUT2D eigenvalue weighted by molar-refractivity contribution is 0.150. The van der Waals surface area contributed by atoms with Crippen molar-refractivity contribution in [2.75, 3.05) is 58.4 Å². The summed E-state index contributed by atoms with van der Waals surface area (Å²) in [7, 11) is 4.01. The number of rotatable bonds is 7. The second-order valence-corrected chi connectivity index (χ2v) is 8.03. The van der Waals surface area contributed by atoms with Gasteiger partial charge in [0.25, 0.3) is 0 Å². The van der Waals surface area contributed by atoms with Gasteiger partial charge in [-0.15, -0.1) is 24.0 Å². The van der Waals surface area contributed by atoms with Crippen molar-refractivity contribution in [2.45, 2.75) is 38.8 Å². The SMILES string of the molecule is CCNC(=NCc1cccc(N(C)C)n1)NC1CCN(CC2CCOC2)CC1.I. The zero-order valence-corrected chi connectivity index (χ0v) is 20.4. The first kappa shape index (κ1) is 24.1. The highest BCUT2D eigenvalue weighted by Crippen LogP contribution is 2.17. The van der Waals surface area contributed by atoms with E-state index in [-0.39, 0.29) is 24.0 Å². The summed E-state index contributed by atoms with van der Waals surface area (Å²) in [6, 6.07) is 6.57. The molecule has 8 heteroatoms. The van der Waals surface area contributed by atoms with Crippen LogP contribution in [0.1, 0.15) is 31.9 Å². The predicted molar refractivity (Wildman–Crippen MR) is 130 cm³/mol. The van der Waals surface area contributed by atoms with E-state index in [0.29, 0.717) is 12.6 Å². The third-order valence-electron chi connectivity index (χ3n) is 5.46. The quantitative estimate of drug-likeness (QED) is 0.330. The fourth-order valence-electron chi connectivity index (χ4n) is 3.83. The average molecular weight is 516 g/mol. The van der Waals surface area contributed by atoms with Gasteiger partial charge >= 0.3 is 0 Å². The van der Waals surface area contributed by atoms with Crippen LogP contribution in [-0.4, -0.2) is 75.4 Å². The van der Waals surface area contributed by atoms with Gasteiger partial charge in [-0.2, -0.15) is 0 Å². The first-order valence-corrected chi connectivity index (χ1v) is 10.6. The molecule has 1 unspecified atom stereocenters. The van der Waals surface area contributed by atoms with Crippen LogP contribution in [0.5, 0.6) is 0 Å². The third-order valence-corrected chi connectivity index (χ3v) is 5.46. The molecule has 3 heterocycles. The molecule has 29 heavy (non-hydrogen) atoms. The van der Waals surface area contributed by atoms with Crippen molar-refractivity contribution in [3.8, 4) is 0 Å². The Bertz CT molecular complexity index is 627. The van der Waals surface area contributed by atoms with Crippen molar-refractivity contribution < 1.29 is 4.74 Å². The Hall–Kier alpha value is -1.13. The lowest BCUT2D eigenvalue weighted by atomic mass is 10.0. The van der Waals surface area contributed by atoms with Gasteiger partial charge in [-0.05, 0) is 44.2 Å². The van der Waals surface area contributed by atoms with Gasteiger partial charge in [0.1, 0.15) is 5.82 Å². The average Bonchev–Trinajstić information content (AvgIpc) is 3.21. The number of guanidine groups is 1. The van der Waals surface area contributed by atoms with E-state index in [9.17, 15) is 0 Å². The molecular weight excluding hydrogens is 479 g/mol.